The Morgan fingerprint density at radius 3 is 3.11 bits per heavy atom. The van der Waals surface area contributed by atoms with Crippen molar-refractivity contribution in [1.82, 2.24) is 15.1 Å². The molecule has 3 rings (SSSR count). The summed E-state index contributed by atoms with van der Waals surface area (Å²) in [5, 5.41) is 17.6. The maximum atomic E-state index is 9.65. The van der Waals surface area contributed by atoms with Crippen LogP contribution in [-0.4, -0.2) is 14.9 Å². The molecule has 0 amide bonds. The molecule has 0 bridgehead atoms. The van der Waals surface area contributed by atoms with Crippen LogP contribution in [0.25, 0.3) is 0 Å². The summed E-state index contributed by atoms with van der Waals surface area (Å²) in [5.41, 5.74) is 3.64. The van der Waals surface area contributed by atoms with E-state index in [1.165, 1.54) is 17.5 Å². The fraction of sp³-hybridized carbons (Fsp3) is 0.400. The zero-order valence-corrected chi connectivity index (χ0v) is 11.1. The second kappa shape index (κ2) is 5.05. The summed E-state index contributed by atoms with van der Waals surface area (Å²) in [6, 6.07) is 8.06. The van der Waals surface area contributed by atoms with Crippen molar-refractivity contribution in [2.75, 3.05) is 0 Å². The molecule has 19 heavy (non-hydrogen) atoms. The molecule has 4 heteroatoms. The van der Waals surface area contributed by atoms with E-state index in [2.05, 4.69) is 10.4 Å². The minimum absolute atomic E-state index is 0.317. The predicted octanol–water partition coefficient (Wildman–Crippen LogP) is 2.29. The summed E-state index contributed by atoms with van der Waals surface area (Å²) in [6.45, 7) is 0.764. The van der Waals surface area contributed by atoms with E-state index in [0.717, 1.165) is 25.1 Å². The van der Waals surface area contributed by atoms with Gasteiger partial charge in [-0.2, -0.15) is 5.10 Å². The first-order valence-electron chi connectivity index (χ1n) is 6.76. The van der Waals surface area contributed by atoms with E-state index in [9.17, 15) is 5.11 Å². The molecule has 2 aromatic rings. The Kier molecular flexibility index (Phi) is 3.25. The van der Waals surface area contributed by atoms with Crippen LogP contribution < -0.4 is 5.32 Å². The number of fused-ring (bicyclic) bond motifs is 1. The summed E-state index contributed by atoms with van der Waals surface area (Å²) in [7, 11) is 1.93. The minimum atomic E-state index is 0.317. The van der Waals surface area contributed by atoms with Crippen LogP contribution in [0.3, 0.4) is 0 Å². The third kappa shape index (κ3) is 2.63. The molecular weight excluding hydrogens is 238 g/mol. The number of nitrogens with one attached hydrogen (secondary N) is 1. The smallest absolute Gasteiger partial charge is 0.115 e. The standard InChI is InChI=1S/C15H19N3O/c1-18-8-7-12(17-18)10-16-15-4-2-3-11-5-6-13(19)9-14(11)15/h5-9,15-16,19H,2-4,10H2,1H3. The van der Waals surface area contributed by atoms with Crippen molar-refractivity contribution in [1.29, 1.82) is 0 Å². The quantitative estimate of drug-likeness (QED) is 0.887. The highest BCUT2D eigenvalue weighted by Gasteiger charge is 2.20. The van der Waals surface area contributed by atoms with Gasteiger partial charge in [0.15, 0.2) is 0 Å². The lowest BCUT2D eigenvalue weighted by molar-refractivity contribution is 0.443. The molecule has 0 saturated carbocycles. The summed E-state index contributed by atoms with van der Waals surface area (Å²) < 4.78 is 1.82. The Balaban J connectivity index is 1.74. The Morgan fingerprint density at radius 2 is 2.32 bits per heavy atom. The Bertz CT molecular complexity index is 577. The van der Waals surface area contributed by atoms with Crippen molar-refractivity contribution < 1.29 is 5.11 Å². The van der Waals surface area contributed by atoms with Crippen molar-refractivity contribution in [3.63, 3.8) is 0 Å². The maximum Gasteiger partial charge on any atom is 0.115 e. The average Bonchev–Trinajstić information content (AvgIpc) is 2.82. The highest BCUT2D eigenvalue weighted by Crippen LogP contribution is 2.32. The van der Waals surface area contributed by atoms with Crippen LogP contribution in [0.5, 0.6) is 5.75 Å². The molecule has 1 aliphatic carbocycles. The molecule has 1 unspecified atom stereocenters. The number of benzene rings is 1. The number of rotatable bonds is 3. The van der Waals surface area contributed by atoms with Crippen molar-refractivity contribution in [3.8, 4) is 5.75 Å². The van der Waals surface area contributed by atoms with E-state index < -0.39 is 0 Å². The van der Waals surface area contributed by atoms with Crippen molar-refractivity contribution in [2.45, 2.75) is 31.8 Å². The van der Waals surface area contributed by atoms with E-state index >= 15 is 0 Å². The first-order chi connectivity index (χ1) is 9.22. The molecule has 1 aromatic heterocycles. The number of aryl methyl sites for hydroxylation is 2. The molecule has 1 atom stereocenters. The first kappa shape index (κ1) is 12.2. The molecule has 2 N–H and O–H groups in total. The molecule has 0 aliphatic heterocycles. The third-order valence-electron chi connectivity index (χ3n) is 3.74. The van der Waals surface area contributed by atoms with Crippen LogP contribution in [0.2, 0.25) is 0 Å². The van der Waals surface area contributed by atoms with Gasteiger partial charge >= 0.3 is 0 Å². The number of phenols is 1. The molecule has 1 heterocycles. The topological polar surface area (TPSA) is 50.1 Å². The van der Waals surface area contributed by atoms with Gasteiger partial charge in [-0.25, -0.2) is 0 Å². The Morgan fingerprint density at radius 1 is 1.42 bits per heavy atom. The van der Waals surface area contributed by atoms with Crippen LogP contribution in [-0.2, 0) is 20.0 Å². The second-order valence-corrected chi connectivity index (χ2v) is 5.19. The first-order valence-corrected chi connectivity index (χ1v) is 6.76. The number of aromatic nitrogens is 2. The van der Waals surface area contributed by atoms with E-state index in [4.69, 9.17) is 0 Å². The van der Waals surface area contributed by atoms with Gasteiger partial charge in [0.05, 0.1) is 5.69 Å². The maximum absolute atomic E-state index is 9.65. The lowest BCUT2D eigenvalue weighted by Gasteiger charge is -2.26. The Labute approximate surface area is 113 Å². The normalized spacial score (nSPS) is 18.3. The average molecular weight is 257 g/mol. The number of hydrogen-bond donors (Lipinski definition) is 2. The van der Waals surface area contributed by atoms with Gasteiger partial charge in [0.2, 0.25) is 0 Å². The molecule has 0 spiro atoms. The lowest BCUT2D eigenvalue weighted by atomic mass is 9.87. The van der Waals surface area contributed by atoms with Crippen molar-refractivity contribution >= 4 is 0 Å². The van der Waals surface area contributed by atoms with Crippen LogP contribution in [0, 0.1) is 0 Å². The molecule has 1 aliphatic rings. The van der Waals surface area contributed by atoms with Gasteiger partial charge in [-0.05, 0) is 48.6 Å². The number of phenolic OH excluding ortho intramolecular Hbond substituents is 1. The van der Waals surface area contributed by atoms with Gasteiger partial charge in [0, 0.05) is 25.8 Å². The molecule has 0 saturated heterocycles. The SMILES string of the molecule is Cn1ccc(CNC2CCCc3ccc(O)cc32)n1. The Hall–Kier alpha value is -1.81. The van der Waals surface area contributed by atoms with Gasteiger partial charge < -0.3 is 10.4 Å². The summed E-state index contributed by atoms with van der Waals surface area (Å²) in [6.07, 6.45) is 5.37. The summed E-state index contributed by atoms with van der Waals surface area (Å²) in [4.78, 5) is 0. The number of aromatic hydroxyl groups is 1. The van der Waals surface area contributed by atoms with Gasteiger partial charge in [0.1, 0.15) is 5.75 Å². The van der Waals surface area contributed by atoms with E-state index in [1.807, 2.05) is 36.1 Å². The largest absolute Gasteiger partial charge is 0.508 e. The highest BCUT2D eigenvalue weighted by molar-refractivity contribution is 5.38. The second-order valence-electron chi connectivity index (χ2n) is 5.19. The lowest BCUT2D eigenvalue weighted by Crippen LogP contribution is -2.25. The van der Waals surface area contributed by atoms with Gasteiger partial charge in [-0.3, -0.25) is 4.68 Å². The van der Waals surface area contributed by atoms with Crippen molar-refractivity contribution in [3.05, 3.63) is 47.3 Å². The fourth-order valence-electron chi connectivity index (χ4n) is 2.78. The third-order valence-corrected chi connectivity index (χ3v) is 3.74. The monoisotopic (exact) mass is 257 g/mol. The summed E-state index contributed by atoms with van der Waals surface area (Å²) >= 11 is 0. The molecule has 1 aromatic carbocycles. The van der Waals surface area contributed by atoms with Gasteiger partial charge in [-0.1, -0.05) is 6.07 Å². The van der Waals surface area contributed by atoms with E-state index in [1.54, 1.807) is 6.07 Å². The van der Waals surface area contributed by atoms with Gasteiger partial charge in [-0.15, -0.1) is 0 Å². The summed E-state index contributed by atoms with van der Waals surface area (Å²) in [5.74, 6) is 0.352. The van der Waals surface area contributed by atoms with Crippen molar-refractivity contribution in [2.24, 2.45) is 7.05 Å². The number of nitrogens with zero attached hydrogens (tertiary/aromatic N) is 2. The molecular formula is C15H19N3O. The van der Waals surface area contributed by atoms with Gasteiger partial charge in [0.25, 0.3) is 0 Å². The molecule has 0 fully saturated rings. The molecule has 100 valence electrons. The molecule has 4 nitrogen and oxygen atoms in total. The van der Waals surface area contributed by atoms with E-state index in [0.29, 0.717) is 11.8 Å². The zero-order chi connectivity index (χ0) is 13.2. The van der Waals surface area contributed by atoms with Crippen LogP contribution >= 0.6 is 0 Å². The van der Waals surface area contributed by atoms with Crippen LogP contribution in [0.4, 0.5) is 0 Å². The zero-order valence-electron chi connectivity index (χ0n) is 11.1. The fourth-order valence-corrected chi connectivity index (χ4v) is 2.78. The van der Waals surface area contributed by atoms with Crippen LogP contribution in [0.15, 0.2) is 30.5 Å². The van der Waals surface area contributed by atoms with E-state index in [-0.39, 0.29) is 0 Å². The predicted molar refractivity (Wildman–Crippen MR) is 73.8 cm³/mol. The highest BCUT2D eigenvalue weighted by atomic mass is 16.3. The minimum Gasteiger partial charge on any atom is -0.508 e. The number of hydrogen-bond acceptors (Lipinski definition) is 3. The van der Waals surface area contributed by atoms with Crippen LogP contribution in [0.1, 0.15) is 35.7 Å². The molecule has 0 radical (unpaired) electrons.